The molecule has 1 aromatic carbocycles. The minimum absolute atomic E-state index is 0.302. The SMILES string of the molecule is COc1c(-c2ccc3nc(Cc4cc(CN5CCN(C(=O)C6CC6)CC5)ccn4)[nH]c3c2)ncnc1N(C)CC1CC1. The van der Waals surface area contributed by atoms with Crippen LogP contribution in [0.3, 0.4) is 0 Å². The third kappa shape index (κ3) is 5.81. The minimum atomic E-state index is 0.302. The summed E-state index contributed by atoms with van der Waals surface area (Å²) >= 11 is 0. The van der Waals surface area contributed by atoms with Crippen LogP contribution in [0.25, 0.3) is 22.3 Å². The van der Waals surface area contributed by atoms with E-state index in [1.807, 2.05) is 23.2 Å². The van der Waals surface area contributed by atoms with Crippen LogP contribution in [0.15, 0.2) is 42.9 Å². The Balaban J connectivity index is 1.04. The molecule has 4 aromatic rings. The van der Waals surface area contributed by atoms with E-state index in [2.05, 4.69) is 55.0 Å². The molecule has 0 radical (unpaired) electrons. The summed E-state index contributed by atoms with van der Waals surface area (Å²) in [6.07, 6.45) is 8.83. The molecule has 42 heavy (non-hydrogen) atoms. The van der Waals surface area contributed by atoms with Crippen molar-refractivity contribution in [2.24, 2.45) is 11.8 Å². The smallest absolute Gasteiger partial charge is 0.225 e. The van der Waals surface area contributed by atoms with E-state index in [1.165, 1.54) is 18.4 Å². The van der Waals surface area contributed by atoms with Gasteiger partial charge in [0.15, 0.2) is 11.6 Å². The number of nitrogens with one attached hydrogen (secondary N) is 1. The second-order valence-corrected chi connectivity index (χ2v) is 12.0. The average molecular weight is 567 g/mol. The van der Waals surface area contributed by atoms with Gasteiger partial charge in [0.1, 0.15) is 17.8 Å². The standard InChI is InChI=1S/C32H38N8O2/c1-38(18-21-3-4-21)31-30(42-2)29(34-20-35-31)24-7-8-26-27(16-24)37-28(36-26)17-25-15-22(9-10-33-25)19-39-11-13-40(14-12-39)32(41)23-5-6-23/h7-10,15-16,20-21,23H,3-6,11-14,17-19H2,1-2H3,(H,36,37). The van der Waals surface area contributed by atoms with Gasteiger partial charge in [-0.2, -0.15) is 0 Å². The maximum Gasteiger partial charge on any atom is 0.225 e. The number of rotatable bonds is 10. The lowest BCUT2D eigenvalue weighted by Gasteiger charge is -2.35. The minimum Gasteiger partial charge on any atom is -0.491 e. The molecule has 2 saturated carbocycles. The van der Waals surface area contributed by atoms with Crippen LogP contribution in [-0.4, -0.2) is 87.5 Å². The van der Waals surface area contributed by atoms with Gasteiger partial charge in [-0.15, -0.1) is 0 Å². The topological polar surface area (TPSA) is 103 Å². The second-order valence-electron chi connectivity index (χ2n) is 12.0. The molecule has 0 atom stereocenters. The van der Waals surface area contributed by atoms with Crippen molar-refractivity contribution < 1.29 is 9.53 Å². The molecule has 7 rings (SSSR count). The van der Waals surface area contributed by atoms with Crippen molar-refractivity contribution in [3.63, 3.8) is 0 Å². The first kappa shape index (κ1) is 26.8. The fourth-order valence-corrected chi connectivity index (χ4v) is 5.97. The Morgan fingerprint density at radius 2 is 1.88 bits per heavy atom. The van der Waals surface area contributed by atoms with Crippen LogP contribution in [0.2, 0.25) is 0 Å². The Morgan fingerprint density at radius 1 is 1.05 bits per heavy atom. The Kier molecular flexibility index (Phi) is 7.23. The van der Waals surface area contributed by atoms with Crippen LogP contribution in [0.1, 0.15) is 42.8 Å². The summed E-state index contributed by atoms with van der Waals surface area (Å²) in [5.41, 5.74) is 5.80. The Hall–Kier alpha value is -4.05. The zero-order valence-corrected chi connectivity index (χ0v) is 24.4. The molecule has 1 N–H and O–H groups in total. The maximum atomic E-state index is 12.4. The predicted octanol–water partition coefficient (Wildman–Crippen LogP) is 3.91. The van der Waals surface area contributed by atoms with Crippen LogP contribution < -0.4 is 9.64 Å². The number of H-pyrrole nitrogens is 1. The number of benzene rings is 1. The largest absolute Gasteiger partial charge is 0.491 e. The summed E-state index contributed by atoms with van der Waals surface area (Å²) in [5.74, 6) is 3.79. The molecule has 3 aliphatic rings. The quantitative estimate of drug-likeness (QED) is 0.308. The predicted molar refractivity (Wildman–Crippen MR) is 161 cm³/mol. The Bertz CT molecular complexity index is 1590. The number of aromatic nitrogens is 5. The monoisotopic (exact) mass is 566 g/mol. The van der Waals surface area contributed by atoms with Crippen LogP contribution >= 0.6 is 0 Å². The van der Waals surface area contributed by atoms with Gasteiger partial charge in [-0.25, -0.2) is 15.0 Å². The fourth-order valence-electron chi connectivity index (χ4n) is 5.97. The molecule has 10 nitrogen and oxygen atoms in total. The average Bonchev–Trinajstić information content (AvgIpc) is 3.95. The van der Waals surface area contributed by atoms with Gasteiger partial charge in [0.25, 0.3) is 0 Å². The van der Waals surface area contributed by atoms with Crippen LogP contribution in [0.4, 0.5) is 5.82 Å². The number of ether oxygens (including phenoxy) is 1. The molecular weight excluding hydrogens is 528 g/mol. The van der Waals surface area contributed by atoms with Crippen molar-refractivity contribution in [3.8, 4) is 17.0 Å². The highest BCUT2D eigenvalue weighted by molar-refractivity contribution is 5.84. The molecule has 3 fully saturated rings. The summed E-state index contributed by atoms with van der Waals surface area (Å²) < 4.78 is 5.82. The van der Waals surface area contributed by atoms with E-state index in [9.17, 15) is 4.79 Å². The number of carbonyl (C=O) groups is 1. The number of anilines is 1. The summed E-state index contributed by atoms with van der Waals surface area (Å²) in [6, 6.07) is 10.4. The molecule has 10 heteroatoms. The molecule has 4 heterocycles. The van der Waals surface area contributed by atoms with E-state index in [1.54, 1.807) is 13.4 Å². The molecule has 2 aliphatic carbocycles. The first-order valence-corrected chi connectivity index (χ1v) is 15.1. The molecular formula is C32H38N8O2. The molecule has 218 valence electrons. The normalized spacial score (nSPS) is 17.5. The van der Waals surface area contributed by atoms with Crippen molar-refractivity contribution in [2.45, 2.75) is 38.6 Å². The highest BCUT2D eigenvalue weighted by atomic mass is 16.5. The number of nitrogens with zero attached hydrogens (tertiary/aromatic N) is 7. The van der Waals surface area contributed by atoms with E-state index in [4.69, 9.17) is 9.72 Å². The van der Waals surface area contributed by atoms with Gasteiger partial charge in [0, 0.05) is 76.1 Å². The zero-order valence-electron chi connectivity index (χ0n) is 24.4. The van der Waals surface area contributed by atoms with Crippen molar-refractivity contribution >= 4 is 22.8 Å². The van der Waals surface area contributed by atoms with Gasteiger partial charge in [-0.05, 0) is 61.4 Å². The molecule has 3 aromatic heterocycles. The van der Waals surface area contributed by atoms with E-state index in [0.717, 1.165) is 97.7 Å². The molecule has 0 unspecified atom stereocenters. The number of methoxy groups -OCH3 is 1. The lowest BCUT2D eigenvalue weighted by Crippen LogP contribution is -2.48. The molecule has 1 amide bonds. The molecule has 0 bridgehead atoms. The molecule has 0 spiro atoms. The number of imidazole rings is 1. The van der Waals surface area contributed by atoms with Gasteiger partial charge in [0.05, 0.1) is 18.1 Å². The van der Waals surface area contributed by atoms with Gasteiger partial charge in [-0.1, -0.05) is 6.07 Å². The number of amides is 1. The highest BCUT2D eigenvalue weighted by Crippen LogP contribution is 2.38. The van der Waals surface area contributed by atoms with Gasteiger partial charge in [-0.3, -0.25) is 14.7 Å². The Labute approximate surface area is 246 Å². The van der Waals surface area contributed by atoms with Crippen LogP contribution in [-0.2, 0) is 17.8 Å². The van der Waals surface area contributed by atoms with E-state index in [-0.39, 0.29) is 0 Å². The molecule has 1 saturated heterocycles. The number of hydrogen-bond donors (Lipinski definition) is 1. The lowest BCUT2D eigenvalue weighted by molar-refractivity contribution is -0.134. The number of fused-ring (bicyclic) bond motifs is 1. The second kappa shape index (κ2) is 11.3. The summed E-state index contributed by atoms with van der Waals surface area (Å²) in [7, 11) is 3.75. The van der Waals surface area contributed by atoms with E-state index < -0.39 is 0 Å². The molecule has 1 aliphatic heterocycles. The highest BCUT2D eigenvalue weighted by Gasteiger charge is 2.34. The maximum absolute atomic E-state index is 12.4. The summed E-state index contributed by atoms with van der Waals surface area (Å²) in [5, 5.41) is 0. The van der Waals surface area contributed by atoms with Crippen LogP contribution in [0, 0.1) is 11.8 Å². The number of pyridine rings is 1. The number of carbonyl (C=O) groups excluding carboxylic acids is 1. The van der Waals surface area contributed by atoms with E-state index >= 15 is 0 Å². The van der Waals surface area contributed by atoms with Crippen LogP contribution in [0.5, 0.6) is 5.75 Å². The first-order chi connectivity index (χ1) is 20.5. The summed E-state index contributed by atoms with van der Waals surface area (Å²) in [4.78, 5) is 41.1. The number of piperazine rings is 1. The van der Waals surface area contributed by atoms with Crippen molar-refractivity contribution in [1.29, 1.82) is 0 Å². The third-order valence-corrected chi connectivity index (χ3v) is 8.63. The van der Waals surface area contributed by atoms with Crippen molar-refractivity contribution in [3.05, 3.63) is 59.9 Å². The van der Waals surface area contributed by atoms with Gasteiger partial charge >= 0.3 is 0 Å². The van der Waals surface area contributed by atoms with Gasteiger partial charge < -0.3 is 19.5 Å². The summed E-state index contributed by atoms with van der Waals surface area (Å²) in [6.45, 7) is 5.32. The number of aromatic amines is 1. The van der Waals surface area contributed by atoms with Crippen molar-refractivity contribution in [2.75, 3.05) is 51.8 Å². The van der Waals surface area contributed by atoms with Crippen molar-refractivity contribution in [1.82, 2.24) is 34.7 Å². The lowest BCUT2D eigenvalue weighted by atomic mass is 10.1. The Morgan fingerprint density at radius 3 is 2.64 bits per heavy atom. The number of hydrogen-bond acceptors (Lipinski definition) is 8. The third-order valence-electron chi connectivity index (χ3n) is 8.63. The first-order valence-electron chi connectivity index (χ1n) is 15.1. The fraction of sp³-hybridized carbons (Fsp3) is 0.469. The zero-order chi connectivity index (χ0) is 28.6. The van der Waals surface area contributed by atoms with Gasteiger partial charge in [0.2, 0.25) is 5.91 Å². The van der Waals surface area contributed by atoms with E-state index in [0.29, 0.717) is 24.0 Å².